The van der Waals surface area contributed by atoms with Crippen molar-refractivity contribution in [3.8, 4) is 5.75 Å². The molecule has 4 rings (SSSR count). The van der Waals surface area contributed by atoms with Crippen molar-refractivity contribution in [3.63, 3.8) is 0 Å². The van der Waals surface area contributed by atoms with Crippen molar-refractivity contribution in [1.82, 2.24) is 9.88 Å². The number of fused-ring (bicyclic) bond motifs is 1. The molecule has 2 aromatic carbocycles. The van der Waals surface area contributed by atoms with E-state index in [2.05, 4.69) is 4.98 Å². The second-order valence-corrected chi connectivity index (χ2v) is 6.70. The molecule has 1 aromatic heterocycles. The highest BCUT2D eigenvalue weighted by Crippen LogP contribution is 2.23. The molecule has 5 heteroatoms. The molecule has 1 aliphatic heterocycles. The Hall–Kier alpha value is -3.08. The van der Waals surface area contributed by atoms with E-state index < -0.39 is 0 Å². The van der Waals surface area contributed by atoms with Gasteiger partial charge in [-0.2, -0.15) is 0 Å². The van der Waals surface area contributed by atoms with Crippen molar-refractivity contribution in [2.75, 3.05) is 13.2 Å². The van der Waals surface area contributed by atoms with Gasteiger partial charge in [-0.3, -0.25) is 4.98 Å². The lowest BCUT2D eigenvalue weighted by molar-refractivity contribution is 0.0824. The molecule has 0 unspecified atom stereocenters. The number of nitrogens with zero attached hydrogens (tertiary/aromatic N) is 2. The highest BCUT2D eigenvalue weighted by atomic mass is 16.6. The lowest BCUT2D eigenvalue weighted by Crippen LogP contribution is -2.39. The second kappa shape index (κ2) is 8.08. The standard InChI is InChI=1S/C22H22N2O3/c25-22(27-15-17-6-2-1-3-7-17)24-13-5-9-19(24)16-26-20-10-11-21-18(14-20)8-4-12-23-21/h1-4,6-8,10-12,14,19H,5,9,13,15-16H2/t19-/m0/s1. The summed E-state index contributed by atoms with van der Waals surface area (Å²) in [4.78, 5) is 18.6. The molecule has 0 N–H and O–H groups in total. The number of carbonyl (C=O) groups is 1. The van der Waals surface area contributed by atoms with Crippen molar-refractivity contribution in [2.45, 2.75) is 25.5 Å². The molecular weight excluding hydrogens is 340 g/mol. The minimum Gasteiger partial charge on any atom is -0.491 e. The van der Waals surface area contributed by atoms with Crippen LogP contribution < -0.4 is 4.74 Å². The Morgan fingerprint density at radius 3 is 2.89 bits per heavy atom. The molecule has 1 aliphatic rings. The molecule has 1 fully saturated rings. The van der Waals surface area contributed by atoms with E-state index in [4.69, 9.17) is 9.47 Å². The summed E-state index contributed by atoms with van der Waals surface area (Å²) in [6.07, 6.45) is 3.40. The van der Waals surface area contributed by atoms with E-state index in [1.165, 1.54) is 0 Å². The average Bonchev–Trinajstić information content (AvgIpc) is 3.20. The Labute approximate surface area is 158 Å². The summed E-state index contributed by atoms with van der Waals surface area (Å²) >= 11 is 0. The number of pyridine rings is 1. The number of hydrogen-bond acceptors (Lipinski definition) is 4. The van der Waals surface area contributed by atoms with Crippen molar-refractivity contribution in [2.24, 2.45) is 0 Å². The quantitative estimate of drug-likeness (QED) is 0.674. The first-order valence-corrected chi connectivity index (χ1v) is 9.24. The molecule has 138 valence electrons. The van der Waals surface area contributed by atoms with Crippen LogP contribution in [0.15, 0.2) is 66.9 Å². The molecule has 1 atom stereocenters. The summed E-state index contributed by atoms with van der Waals surface area (Å²) in [5, 5.41) is 1.04. The molecule has 1 amide bonds. The van der Waals surface area contributed by atoms with Gasteiger partial charge in [-0.25, -0.2) is 4.79 Å². The van der Waals surface area contributed by atoms with E-state index in [1.54, 1.807) is 11.1 Å². The summed E-state index contributed by atoms with van der Waals surface area (Å²) in [5.41, 5.74) is 1.93. The number of rotatable bonds is 5. The predicted octanol–water partition coefficient (Wildman–Crippen LogP) is 4.41. The van der Waals surface area contributed by atoms with Crippen LogP contribution in [0.5, 0.6) is 5.75 Å². The van der Waals surface area contributed by atoms with Crippen LogP contribution in [0.2, 0.25) is 0 Å². The van der Waals surface area contributed by atoms with Crippen LogP contribution in [0.25, 0.3) is 10.9 Å². The Morgan fingerprint density at radius 1 is 1.11 bits per heavy atom. The maximum Gasteiger partial charge on any atom is 0.410 e. The van der Waals surface area contributed by atoms with Gasteiger partial charge in [-0.05, 0) is 42.7 Å². The minimum atomic E-state index is -0.271. The molecule has 0 saturated carbocycles. The molecule has 3 aromatic rings. The molecule has 0 spiro atoms. The van der Waals surface area contributed by atoms with Gasteiger partial charge in [0.15, 0.2) is 0 Å². The number of likely N-dealkylation sites (tertiary alicyclic amines) is 1. The van der Waals surface area contributed by atoms with E-state index in [9.17, 15) is 4.79 Å². The number of hydrogen-bond donors (Lipinski definition) is 0. The normalized spacial score (nSPS) is 16.4. The first kappa shape index (κ1) is 17.3. The Balaban J connectivity index is 1.34. The van der Waals surface area contributed by atoms with Crippen LogP contribution in [-0.2, 0) is 11.3 Å². The molecule has 0 bridgehead atoms. The zero-order valence-electron chi connectivity index (χ0n) is 15.1. The number of carbonyl (C=O) groups excluding carboxylic acids is 1. The molecule has 2 heterocycles. The zero-order chi connectivity index (χ0) is 18.5. The van der Waals surface area contributed by atoms with Crippen molar-refractivity contribution < 1.29 is 14.3 Å². The number of ether oxygens (including phenoxy) is 2. The van der Waals surface area contributed by atoms with Crippen LogP contribution in [0.1, 0.15) is 18.4 Å². The molecular formula is C22H22N2O3. The average molecular weight is 362 g/mol. The van der Waals surface area contributed by atoms with Crippen molar-refractivity contribution in [1.29, 1.82) is 0 Å². The Kier molecular flexibility index (Phi) is 5.19. The van der Waals surface area contributed by atoms with E-state index in [1.807, 2.05) is 60.7 Å². The second-order valence-electron chi connectivity index (χ2n) is 6.70. The maximum atomic E-state index is 12.5. The summed E-state index contributed by atoms with van der Waals surface area (Å²) < 4.78 is 11.4. The van der Waals surface area contributed by atoms with E-state index in [-0.39, 0.29) is 12.1 Å². The first-order valence-electron chi connectivity index (χ1n) is 9.24. The van der Waals surface area contributed by atoms with Gasteiger partial charge in [-0.1, -0.05) is 36.4 Å². The number of benzene rings is 2. The monoisotopic (exact) mass is 362 g/mol. The summed E-state index contributed by atoms with van der Waals surface area (Å²) in [7, 11) is 0. The van der Waals surface area contributed by atoms with Gasteiger partial charge in [0.05, 0.1) is 11.6 Å². The fourth-order valence-electron chi connectivity index (χ4n) is 3.39. The fourth-order valence-corrected chi connectivity index (χ4v) is 3.39. The van der Waals surface area contributed by atoms with Crippen LogP contribution >= 0.6 is 0 Å². The fraction of sp³-hybridized carbons (Fsp3) is 0.273. The highest BCUT2D eigenvalue weighted by Gasteiger charge is 2.30. The Morgan fingerprint density at radius 2 is 2.00 bits per heavy atom. The first-order chi connectivity index (χ1) is 13.3. The largest absolute Gasteiger partial charge is 0.491 e. The van der Waals surface area contributed by atoms with Crippen LogP contribution in [0, 0.1) is 0 Å². The van der Waals surface area contributed by atoms with Crippen molar-refractivity contribution in [3.05, 3.63) is 72.4 Å². The third-order valence-corrected chi connectivity index (χ3v) is 4.83. The highest BCUT2D eigenvalue weighted by molar-refractivity contribution is 5.79. The van der Waals surface area contributed by atoms with Gasteiger partial charge in [0, 0.05) is 18.1 Å². The van der Waals surface area contributed by atoms with Gasteiger partial charge in [-0.15, -0.1) is 0 Å². The predicted molar refractivity (Wildman–Crippen MR) is 104 cm³/mol. The third kappa shape index (κ3) is 4.19. The number of aromatic nitrogens is 1. The minimum absolute atomic E-state index is 0.0397. The smallest absolute Gasteiger partial charge is 0.410 e. The SMILES string of the molecule is O=C(OCc1ccccc1)N1CCC[C@H]1COc1ccc2ncccc2c1. The Bertz CT molecular complexity index is 914. The molecule has 1 saturated heterocycles. The summed E-state index contributed by atoms with van der Waals surface area (Å²) in [6.45, 7) is 1.47. The van der Waals surface area contributed by atoms with Gasteiger partial charge >= 0.3 is 6.09 Å². The number of amides is 1. The molecule has 0 aliphatic carbocycles. The van der Waals surface area contributed by atoms with Gasteiger partial charge in [0.25, 0.3) is 0 Å². The molecule has 5 nitrogen and oxygen atoms in total. The van der Waals surface area contributed by atoms with E-state index in [0.717, 1.165) is 35.1 Å². The van der Waals surface area contributed by atoms with Crippen LogP contribution in [0.4, 0.5) is 4.79 Å². The summed E-state index contributed by atoms with van der Waals surface area (Å²) in [5.74, 6) is 0.792. The van der Waals surface area contributed by atoms with Gasteiger partial charge < -0.3 is 14.4 Å². The lowest BCUT2D eigenvalue weighted by Gasteiger charge is -2.24. The lowest BCUT2D eigenvalue weighted by atomic mass is 10.2. The molecule has 0 radical (unpaired) electrons. The zero-order valence-corrected chi connectivity index (χ0v) is 15.1. The van der Waals surface area contributed by atoms with Crippen LogP contribution in [-0.4, -0.2) is 35.2 Å². The summed E-state index contributed by atoms with van der Waals surface area (Å²) in [6, 6.07) is 19.5. The van der Waals surface area contributed by atoms with E-state index in [0.29, 0.717) is 19.8 Å². The van der Waals surface area contributed by atoms with Gasteiger partial charge in [0.2, 0.25) is 0 Å². The topological polar surface area (TPSA) is 51.7 Å². The van der Waals surface area contributed by atoms with Crippen LogP contribution in [0.3, 0.4) is 0 Å². The third-order valence-electron chi connectivity index (χ3n) is 4.83. The van der Waals surface area contributed by atoms with E-state index >= 15 is 0 Å². The van der Waals surface area contributed by atoms with Crippen molar-refractivity contribution >= 4 is 17.0 Å². The van der Waals surface area contributed by atoms with Gasteiger partial charge in [0.1, 0.15) is 19.0 Å². The maximum absolute atomic E-state index is 12.5. The molecule has 27 heavy (non-hydrogen) atoms.